The number of nitrogens with zero attached hydrogens (tertiary/aromatic N) is 1. The van der Waals surface area contributed by atoms with E-state index < -0.39 is 35.5 Å². The number of fused-ring (bicyclic) bond motifs is 3. The molecule has 1 aliphatic rings. The predicted molar refractivity (Wildman–Crippen MR) is 130 cm³/mol. The topological polar surface area (TPSA) is 108 Å². The molecule has 0 aliphatic heterocycles. The molecule has 2 atom stereocenters. The van der Waals surface area contributed by atoms with Crippen molar-refractivity contribution in [2.75, 3.05) is 27.2 Å². The van der Waals surface area contributed by atoms with Gasteiger partial charge in [-0.2, -0.15) is 0 Å². The van der Waals surface area contributed by atoms with E-state index in [4.69, 9.17) is 4.74 Å². The summed E-state index contributed by atoms with van der Waals surface area (Å²) in [4.78, 5) is 38.9. The number of likely N-dealkylation sites (N-methyl/N-ethyl adjacent to an activating group) is 1. The van der Waals surface area contributed by atoms with Crippen LogP contribution in [-0.2, 0) is 14.3 Å². The number of alkyl carbamates (subject to hydrolysis) is 1. The lowest BCUT2D eigenvalue weighted by atomic mass is 9.86. The van der Waals surface area contributed by atoms with E-state index in [1.165, 1.54) is 0 Å². The Kier molecular flexibility index (Phi) is 7.61. The molecule has 0 radical (unpaired) electrons. The summed E-state index contributed by atoms with van der Waals surface area (Å²) in [6.45, 7) is 5.63. The molecule has 3 N–H and O–H groups in total. The van der Waals surface area contributed by atoms with Crippen LogP contribution in [-0.4, -0.2) is 67.3 Å². The molecule has 2 aromatic rings. The zero-order valence-corrected chi connectivity index (χ0v) is 20.3. The van der Waals surface area contributed by atoms with Gasteiger partial charge in [-0.25, -0.2) is 9.59 Å². The monoisotopic (exact) mass is 467 g/mol. The number of nitrogens with one attached hydrogen (secondary N) is 2. The summed E-state index contributed by atoms with van der Waals surface area (Å²) in [5, 5.41) is 14.6. The number of ether oxygens (including phenoxy) is 1. The maximum Gasteiger partial charge on any atom is 0.407 e. The van der Waals surface area contributed by atoms with E-state index in [0.717, 1.165) is 22.3 Å². The van der Waals surface area contributed by atoms with Crippen LogP contribution < -0.4 is 10.6 Å². The molecule has 182 valence electrons. The van der Waals surface area contributed by atoms with Gasteiger partial charge in [0.2, 0.25) is 5.91 Å². The first kappa shape index (κ1) is 25.2. The minimum Gasteiger partial charge on any atom is -0.480 e. The van der Waals surface area contributed by atoms with Gasteiger partial charge in [-0.15, -0.1) is 0 Å². The Morgan fingerprint density at radius 1 is 0.971 bits per heavy atom. The Hall–Kier alpha value is -3.39. The number of amides is 2. The van der Waals surface area contributed by atoms with Gasteiger partial charge < -0.3 is 25.4 Å². The Labute approximate surface area is 200 Å². The lowest BCUT2D eigenvalue weighted by Gasteiger charge is -2.31. The lowest BCUT2D eigenvalue weighted by Crippen LogP contribution is -2.58. The predicted octanol–water partition coefficient (Wildman–Crippen LogP) is 3.07. The molecule has 2 aromatic carbocycles. The smallest absolute Gasteiger partial charge is 0.407 e. The summed E-state index contributed by atoms with van der Waals surface area (Å²) >= 11 is 0. The van der Waals surface area contributed by atoms with E-state index in [1.54, 1.807) is 39.8 Å². The molecule has 0 aromatic heterocycles. The van der Waals surface area contributed by atoms with Crippen molar-refractivity contribution in [2.45, 2.75) is 38.8 Å². The third-order valence-electron chi connectivity index (χ3n) is 5.90. The highest BCUT2D eigenvalue weighted by molar-refractivity contribution is 5.90. The van der Waals surface area contributed by atoms with Gasteiger partial charge >= 0.3 is 12.1 Å². The molecule has 0 spiro atoms. The van der Waals surface area contributed by atoms with Crippen LogP contribution in [0, 0.1) is 5.41 Å². The van der Waals surface area contributed by atoms with E-state index in [1.807, 2.05) is 36.4 Å². The highest BCUT2D eigenvalue weighted by Crippen LogP contribution is 2.44. The largest absolute Gasteiger partial charge is 0.480 e. The molecule has 8 nitrogen and oxygen atoms in total. The fraction of sp³-hybridized carbons (Fsp3) is 0.423. The van der Waals surface area contributed by atoms with E-state index in [9.17, 15) is 19.5 Å². The zero-order chi connectivity index (χ0) is 25.0. The van der Waals surface area contributed by atoms with Crippen LogP contribution in [0.25, 0.3) is 11.1 Å². The van der Waals surface area contributed by atoms with Gasteiger partial charge in [0.25, 0.3) is 0 Å². The van der Waals surface area contributed by atoms with Gasteiger partial charge in [0.1, 0.15) is 18.7 Å². The highest BCUT2D eigenvalue weighted by Gasteiger charge is 2.36. The van der Waals surface area contributed by atoms with E-state index >= 15 is 0 Å². The number of carbonyl (C=O) groups is 3. The Morgan fingerprint density at radius 3 is 1.97 bits per heavy atom. The second-order valence-electron chi connectivity index (χ2n) is 9.93. The summed E-state index contributed by atoms with van der Waals surface area (Å²) in [6, 6.07) is 14.0. The first-order valence-electron chi connectivity index (χ1n) is 11.3. The minimum absolute atomic E-state index is 0.100. The fourth-order valence-corrected chi connectivity index (χ4v) is 4.24. The molecule has 0 saturated heterocycles. The van der Waals surface area contributed by atoms with Gasteiger partial charge in [-0.05, 0) is 41.8 Å². The first-order chi connectivity index (χ1) is 16.0. The Balaban J connectivity index is 1.69. The second-order valence-corrected chi connectivity index (χ2v) is 9.93. The van der Waals surface area contributed by atoms with Gasteiger partial charge in [0.15, 0.2) is 0 Å². The molecule has 0 heterocycles. The minimum atomic E-state index is -1.14. The summed E-state index contributed by atoms with van der Waals surface area (Å²) < 4.78 is 5.58. The molecule has 3 rings (SSSR count). The molecule has 0 fully saturated rings. The summed E-state index contributed by atoms with van der Waals surface area (Å²) in [6.07, 6.45) is -0.726. The number of carboxylic acid groups (broad SMARTS) is 1. The molecular formula is C26H33N3O5. The summed E-state index contributed by atoms with van der Waals surface area (Å²) in [5.41, 5.74) is 3.76. The van der Waals surface area contributed by atoms with Crippen molar-refractivity contribution in [2.24, 2.45) is 5.41 Å². The molecular weight excluding hydrogens is 434 g/mol. The number of carbonyl (C=O) groups excluding carboxylic acids is 2. The Bertz CT molecular complexity index is 1010. The van der Waals surface area contributed by atoms with E-state index in [2.05, 4.69) is 22.8 Å². The normalized spacial score (nSPS) is 14.6. The van der Waals surface area contributed by atoms with Gasteiger partial charge in [-0.3, -0.25) is 4.79 Å². The van der Waals surface area contributed by atoms with Crippen LogP contribution >= 0.6 is 0 Å². The standard InChI is InChI=1S/C26H33N3O5/c1-26(2,3)22(23(30)27-21(24(31)32)14-29(4)5)28-25(33)34-15-20-18-12-8-6-10-16(18)17-11-7-9-13-19(17)20/h6-13,20-22H,14-15H2,1-5H3,(H,27,30)(H,28,33)(H,31,32)/t21-,22?/m0/s1. The molecule has 1 aliphatic carbocycles. The van der Waals surface area contributed by atoms with Crippen LogP contribution in [0.5, 0.6) is 0 Å². The van der Waals surface area contributed by atoms with Gasteiger partial charge in [0, 0.05) is 12.5 Å². The number of hydrogen-bond acceptors (Lipinski definition) is 5. The van der Waals surface area contributed by atoms with Crippen molar-refractivity contribution in [1.82, 2.24) is 15.5 Å². The Morgan fingerprint density at radius 2 is 1.50 bits per heavy atom. The van der Waals surface area contributed by atoms with Gasteiger partial charge in [-0.1, -0.05) is 69.3 Å². The maximum absolute atomic E-state index is 12.9. The highest BCUT2D eigenvalue weighted by atomic mass is 16.5. The molecule has 2 amide bonds. The average Bonchev–Trinajstić information content (AvgIpc) is 3.08. The quantitative estimate of drug-likeness (QED) is 0.551. The van der Waals surface area contributed by atoms with Crippen molar-refractivity contribution >= 4 is 18.0 Å². The van der Waals surface area contributed by atoms with Gasteiger partial charge in [0.05, 0.1) is 0 Å². The summed E-state index contributed by atoms with van der Waals surface area (Å²) in [7, 11) is 3.44. The number of aliphatic carboxylic acids is 1. The van der Waals surface area contributed by atoms with Crippen LogP contribution in [0.2, 0.25) is 0 Å². The zero-order valence-electron chi connectivity index (χ0n) is 20.3. The molecule has 34 heavy (non-hydrogen) atoms. The third-order valence-corrected chi connectivity index (χ3v) is 5.90. The number of carboxylic acids is 1. The molecule has 0 bridgehead atoms. The van der Waals surface area contributed by atoms with Crippen molar-refractivity contribution < 1.29 is 24.2 Å². The van der Waals surface area contributed by atoms with Crippen molar-refractivity contribution in [3.63, 3.8) is 0 Å². The van der Waals surface area contributed by atoms with Crippen LogP contribution in [0.15, 0.2) is 48.5 Å². The van der Waals surface area contributed by atoms with Crippen LogP contribution in [0.4, 0.5) is 4.79 Å². The van der Waals surface area contributed by atoms with Crippen molar-refractivity contribution in [1.29, 1.82) is 0 Å². The fourth-order valence-electron chi connectivity index (χ4n) is 4.24. The molecule has 0 saturated carbocycles. The second kappa shape index (κ2) is 10.3. The number of benzene rings is 2. The van der Waals surface area contributed by atoms with E-state index in [0.29, 0.717) is 0 Å². The number of rotatable bonds is 8. The van der Waals surface area contributed by atoms with Crippen molar-refractivity contribution in [3.8, 4) is 11.1 Å². The van der Waals surface area contributed by atoms with Crippen LogP contribution in [0.3, 0.4) is 0 Å². The average molecular weight is 468 g/mol. The molecule has 1 unspecified atom stereocenters. The lowest BCUT2D eigenvalue weighted by molar-refractivity contribution is -0.143. The third kappa shape index (κ3) is 5.75. The molecule has 8 heteroatoms. The summed E-state index contributed by atoms with van der Waals surface area (Å²) in [5.74, 6) is -1.82. The SMILES string of the molecule is CN(C)C[C@H](NC(=O)C(NC(=O)OCC1c2ccccc2-c2ccccc21)C(C)(C)C)C(=O)O. The number of hydrogen-bond donors (Lipinski definition) is 3. The first-order valence-corrected chi connectivity index (χ1v) is 11.3. The van der Waals surface area contributed by atoms with E-state index in [-0.39, 0.29) is 19.1 Å². The van der Waals surface area contributed by atoms with Crippen molar-refractivity contribution in [3.05, 3.63) is 59.7 Å². The maximum atomic E-state index is 12.9. The van der Waals surface area contributed by atoms with Crippen LogP contribution in [0.1, 0.15) is 37.8 Å².